The molecule has 5 heterocycles. The molecule has 4 aromatic rings. The van der Waals surface area contributed by atoms with Crippen molar-refractivity contribution in [2.75, 3.05) is 40.3 Å². The van der Waals surface area contributed by atoms with Crippen molar-refractivity contribution in [3.8, 4) is 6.07 Å². The number of halogens is 3. The van der Waals surface area contributed by atoms with Crippen LogP contribution in [0.2, 0.25) is 0 Å². The van der Waals surface area contributed by atoms with Crippen molar-refractivity contribution in [1.29, 1.82) is 0 Å². The Bertz CT molecular complexity index is 1800. The predicted molar refractivity (Wildman–Crippen MR) is 163 cm³/mol. The summed E-state index contributed by atoms with van der Waals surface area (Å²) < 4.78 is 44.3. The molecule has 0 bridgehead atoms. The summed E-state index contributed by atoms with van der Waals surface area (Å²) in [7, 11) is 4.16. The van der Waals surface area contributed by atoms with Gasteiger partial charge in [-0.1, -0.05) is 4.85 Å². The van der Waals surface area contributed by atoms with Crippen LogP contribution in [-0.4, -0.2) is 80.6 Å². The number of nitrogens with one attached hydrogen (secondary N) is 2. The zero-order chi connectivity index (χ0) is 30.6. The van der Waals surface area contributed by atoms with E-state index in [9.17, 15) is 18.0 Å². The van der Waals surface area contributed by atoms with E-state index in [1.54, 1.807) is 0 Å². The average Bonchev–Trinajstić information content (AvgIpc) is 3.51. The molecule has 7 rings (SSSR count). The fraction of sp³-hybridized carbons (Fsp3) is 0.562. The van der Waals surface area contributed by atoms with Gasteiger partial charge in [-0.25, -0.2) is 14.8 Å². The van der Waals surface area contributed by atoms with E-state index < -0.39 is 11.7 Å². The molecule has 12 heteroatoms. The summed E-state index contributed by atoms with van der Waals surface area (Å²) in [6, 6.07) is 6.91. The van der Waals surface area contributed by atoms with Gasteiger partial charge < -0.3 is 19.8 Å². The van der Waals surface area contributed by atoms with Crippen molar-refractivity contribution in [2.45, 2.75) is 69.1 Å². The molecule has 2 atom stereocenters. The molecule has 2 aliphatic heterocycles. The fourth-order valence-electron chi connectivity index (χ4n) is 7.10. The number of piperidine rings is 2. The van der Waals surface area contributed by atoms with Gasteiger partial charge in [-0.05, 0) is 102 Å². The molecule has 0 amide bonds. The Hall–Kier alpha value is -3.69. The number of imidazole rings is 2. The Morgan fingerprint density at radius 2 is 1.68 bits per heavy atom. The first-order valence-corrected chi connectivity index (χ1v) is 15.7. The summed E-state index contributed by atoms with van der Waals surface area (Å²) >= 11 is 0. The second-order valence-corrected chi connectivity index (χ2v) is 13.0. The SMILES string of the molecule is CN1CCC(Cc2nc3ncc(C4CCC4[N+]#Cc4cc5[nH]c(=O)n(C6CCN(C)CC6)c5cc4C(F)(F)F)cc3[nH]2)CC1. The van der Waals surface area contributed by atoms with Gasteiger partial charge in [-0.3, -0.25) is 4.57 Å². The second-order valence-electron chi connectivity index (χ2n) is 13.0. The van der Waals surface area contributed by atoms with Crippen LogP contribution in [-0.2, 0) is 12.6 Å². The molecular weight excluding hydrogens is 569 g/mol. The third kappa shape index (κ3) is 5.63. The van der Waals surface area contributed by atoms with Gasteiger partial charge in [-0.2, -0.15) is 13.2 Å². The molecule has 1 aromatic carbocycles. The smallest absolute Gasteiger partial charge is 0.341 e. The van der Waals surface area contributed by atoms with E-state index in [0.717, 1.165) is 81.3 Å². The maximum Gasteiger partial charge on any atom is 0.417 e. The van der Waals surface area contributed by atoms with Gasteiger partial charge in [0.25, 0.3) is 6.04 Å². The molecule has 3 aromatic heterocycles. The first-order valence-electron chi connectivity index (χ1n) is 15.7. The van der Waals surface area contributed by atoms with E-state index in [1.165, 1.54) is 10.6 Å². The van der Waals surface area contributed by atoms with Gasteiger partial charge in [0.05, 0.1) is 28.0 Å². The maximum atomic E-state index is 14.3. The van der Waals surface area contributed by atoms with Gasteiger partial charge in [0.2, 0.25) is 0 Å². The largest absolute Gasteiger partial charge is 0.417 e. The van der Waals surface area contributed by atoms with E-state index in [0.29, 0.717) is 29.9 Å². The summed E-state index contributed by atoms with van der Waals surface area (Å²) in [6.45, 7) is 3.80. The van der Waals surface area contributed by atoms with Crippen LogP contribution < -0.4 is 5.69 Å². The quantitative estimate of drug-likeness (QED) is 0.325. The molecule has 3 fully saturated rings. The Morgan fingerprint density at radius 3 is 2.36 bits per heavy atom. The molecule has 2 unspecified atom stereocenters. The van der Waals surface area contributed by atoms with Crippen molar-refractivity contribution in [2.24, 2.45) is 5.92 Å². The monoisotopic (exact) mass is 607 g/mol. The molecular formula is C32H38F3N8O+. The van der Waals surface area contributed by atoms with Crippen molar-refractivity contribution < 1.29 is 13.2 Å². The lowest BCUT2D eigenvalue weighted by molar-refractivity contribution is -0.137. The summed E-state index contributed by atoms with van der Waals surface area (Å²) in [5.41, 5.74) is 1.84. The van der Waals surface area contributed by atoms with Gasteiger partial charge in [0, 0.05) is 25.1 Å². The molecule has 0 spiro atoms. The van der Waals surface area contributed by atoms with Crippen LogP contribution in [0.3, 0.4) is 0 Å². The topological polar surface area (TPSA) is 90.2 Å². The molecule has 2 N–H and O–H groups in total. The van der Waals surface area contributed by atoms with E-state index >= 15 is 0 Å². The van der Waals surface area contributed by atoms with Crippen molar-refractivity contribution in [3.63, 3.8) is 0 Å². The normalized spacial score (nSPS) is 22.8. The van der Waals surface area contributed by atoms with Crippen molar-refractivity contribution in [1.82, 2.24) is 34.3 Å². The molecule has 0 radical (unpaired) electrons. The molecule has 1 aliphatic carbocycles. The number of aromatic amines is 2. The Labute approximate surface area is 253 Å². The number of aromatic nitrogens is 5. The van der Waals surface area contributed by atoms with E-state index in [2.05, 4.69) is 48.8 Å². The number of hydrogen-bond acceptors (Lipinski definition) is 5. The zero-order valence-corrected chi connectivity index (χ0v) is 25.1. The minimum atomic E-state index is -4.61. The van der Waals surface area contributed by atoms with Gasteiger partial charge >= 0.3 is 17.9 Å². The Morgan fingerprint density at radius 1 is 0.955 bits per heavy atom. The minimum Gasteiger partial charge on any atom is -0.341 e. The van der Waals surface area contributed by atoms with E-state index in [1.807, 2.05) is 13.2 Å². The standard InChI is InChI=1S/C32H37F3N8O/c1-41-9-5-19(6-10-41)13-29-38-27-14-20(17-37-30(27)40-29)23-3-4-25(23)36-18-21-15-26-28(16-24(21)32(33,34)35)43(31(44)39-26)22-7-11-42(2)12-8-22/h14-17,19,22-23,25H,3-13H2,1-2H3,(H-,37,38,39,40,44)/p+1. The number of H-pyrrole nitrogens is 2. The number of alkyl halides is 3. The first kappa shape index (κ1) is 29.0. The number of nitrogens with zero attached hydrogens (tertiary/aromatic N) is 6. The minimum absolute atomic E-state index is 0.0448. The molecule has 2 saturated heterocycles. The van der Waals surface area contributed by atoms with Crippen LogP contribution in [0, 0.1) is 12.0 Å². The maximum absolute atomic E-state index is 14.3. The molecule has 3 aliphatic rings. The van der Waals surface area contributed by atoms with Crippen molar-refractivity contribution >= 4 is 22.2 Å². The highest BCUT2D eigenvalue weighted by Gasteiger charge is 2.42. The molecule has 44 heavy (non-hydrogen) atoms. The van der Waals surface area contributed by atoms with E-state index in [-0.39, 0.29) is 34.8 Å². The Kier molecular flexibility index (Phi) is 7.49. The number of rotatable bonds is 4. The van der Waals surface area contributed by atoms with Gasteiger partial charge in [0.1, 0.15) is 11.4 Å². The van der Waals surface area contributed by atoms with Crippen LogP contribution in [0.15, 0.2) is 29.2 Å². The number of fused-ring (bicyclic) bond motifs is 2. The molecule has 1 saturated carbocycles. The average molecular weight is 608 g/mol. The van der Waals surface area contributed by atoms with Gasteiger partial charge in [0.15, 0.2) is 5.65 Å². The summed E-state index contributed by atoms with van der Waals surface area (Å²) in [6.07, 6.45) is 3.48. The highest BCUT2D eigenvalue weighted by atomic mass is 19.4. The zero-order valence-electron chi connectivity index (χ0n) is 25.1. The summed E-state index contributed by atoms with van der Waals surface area (Å²) in [5.74, 6) is 1.61. The highest BCUT2D eigenvalue weighted by molar-refractivity contribution is 5.79. The number of benzene rings is 1. The highest BCUT2D eigenvalue weighted by Crippen LogP contribution is 2.41. The van der Waals surface area contributed by atoms with Gasteiger partial charge in [-0.15, -0.1) is 0 Å². The summed E-state index contributed by atoms with van der Waals surface area (Å²) in [4.78, 5) is 37.4. The van der Waals surface area contributed by atoms with Crippen LogP contribution in [0.25, 0.3) is 27.0 Å². The van der Waals surface area contributed by atoms with Crippen LogP contribution in [0.1, 0.15) is 73.0 Å². The van der Waals surface area contributed by atoms with Crippen molar-refractivity contribution in [3.05, 3.63) is 62.2 Å². The lowest BCUT2D eigenvalue weighted by Gasteiger charge is -2.29. The number of likely N-dealkylation sites (tertiary alicyclic amines) is 2. The third-order valence-electron chi connectivity index (χ3n) is 9.96. The number of hydrogen-bond donors (Lipinski definition) is 2. The van der Waals surface area contributed by atoms with Crippen LogP contribution in [0.4, 0.5) is 13.2 Å². The fourth-order valence-corrected chi connectivity index (χ4v) is 7.10. The van der Waals surface area contributed by atoms with E-state index in [4.69, 9.17) is 4.98 Å². The lowest BCUT2D eigenvalue weighted by atomic mass is 9.76. The summed E-state index contributed by atoms with van der Waals surface area (Å²) in [5, 5.41) is 0. The number of pyridine rings is 1. The predicted octanol–water partition coefficient (Wildman–Crippen LogP) is 5.40. The third-order valence-corrected chi connectivity index (χ3v) is 9.96. The first-order chi connectivity index (χ1) is 21.1. The lowest BCUT2D eigenvalue weighted by Crippen LogP contribution is -2.34. The second kappa shape index (κ2) is 11.3. The molecule has 9 nitrogen and oxygen atoms in total. The Balaban J connectivity index is 1.13. The van der Waals surface area contributed by atoms with Crippen LogP contribution in [0.5, 0.6) is 0 Å². The molecule has 232 valence electrons. The van der Waals surface area contributed by atoms with Crippen LogP contribution >= 0.6 is 0 Å².